The Kier molecular flexibility index (Phi) is 3.69. The highest BCUT2D eigenvalue weighted by molar-refractivity contribution is 5.30. The molecule has 0 spiro atoms. The van der Waals surface area contributed by atoms with E-state index < -0.39 is 0 Å². The summed E-state index contributed by atoms with van der Waals surface area (Å²) in [6, 6.07) is 5.78. The molecule has 3 rings (SSSR count). The monoisotopic (exact) mass is 279 g/mol. The summed E-state index contributed by atoms with van der Waals surface area (Å²) >= 11 is 0. The first-order valence-corrected chi connectivity index (χ1v) is 7.42. The van der Waals surface area contributed by atoms with Crippen LogP contribution in [0.25, 0.3) is 0 Å². The molecular formula is C16H22FNO2. The summed E-state index contributed by atoms with van der Waals surface area (Å²) in [5.41, 5.74) is 0.372. The molecule has 20 heavy (non-hydrogen) atoms. The third-order valence-electron chi connectivity index (χ3n) is 4.40. The molecule has 0 heterocycles. The van der Waals surface area contributed by atoms with Gasteiger partial charge in [0.15, 0.2) is 11.6 Å². The van der Waals surface area contributed by atoms with Gasteiger partial charge in [-0.2, -0.15) is 0 Å². The maximum absolute atomic E-state index is 14.0. The van der Waals surface area contributed by atoms with Gasteiger partial charge in [-0.05, 0) is 44.2 Å². The molecule has 110 valence electrons. The highest BCUT2D eigenvalue weighted by Gasteiger charge is 2.43. The lowest BCUT2D eigenvalue weighted by atomic mass is 9.98. The van der Waals surface area contributed by atoms with E-state index >= 15 is 0 Å². The van der Waals surface area contributed by atoms with Gasteiger partial charge in [0.25, 0.3) is 0 Å². The van der Waals surface area contributed by atoms with Gasteiger partial charge in [0, 0.05) is 18.0 Å². The number of aryl methyl sites for hydroxylation is 1. The predicted octanol–water partition coefficient (Wildman–Crippen LogP) is 2.55. The van der Waals surface area contributed by atoms with Gasteiger partial charge in [-0.15, -0.1) is 0 Å². The third kappa shape index (κ3) is 2.81. The lowest BCUT2D eigenvalue weighted by molar-refractivity contribution is 0.137. The van der Waals surface area contributed by atoms with Crippen LogP contribution in [0, 0.1) is 12.7 Å². The largest absolute Gasteiger partial charge is 0.487 e. The van der Waals surface area contributed by atoms with Gasteiger partial charge in [-0.25, -0.2) is 4.39 Å². The Hall–Kier alpha value is -1.13. The van der Waals surface area contributed by atoms with Gasteiger partial charge in [0.1, 0.15) is 6.10 Å². The fraction of sp³-hybridized carbons (Fsp3) is 0.625. The Labute approximate surface area is 119 Å². The normalized spacial score (nSPS) is 29.6. The molecule has 2 fully saturated rings. The van der Waals surface area contributed by atoms with Gasteiger partial charge in [-0.3, -0.25) is 0 Å². The van der Waals surface area contributed by atoms with Crippen molar-refractivity contribution in [1.29, 1.82) is 0 Å². The van der Waals surface area contributed by atoms with Crippen molar-refractivity contribution >= 4 is 0 Å². The van der Waals surface area contributed by atoms with E-state index in [1.165, 1.54) is 12.8 Å². The minimum Gasteiger partial charge on any atom is -0.487 e. The van der Waals surface area contributed by atoms with Gasteiger partial charge < -0.3 is 15.2 Å². The molecular weight excluding hydrogens is 257 g/mol. The number of ether oxygens (including phenoxy) is 1. The molecule has 0 bridgehead atoms. The molecule has 2 unspecified atom stereocenters. The van der Waals surface area contributed by atoms with E-state index in [1.807, 2.05) is 6.07 Å². The van der Waals surface area contributed by atoms with E-state index in [9.17, 15) is 9.50 Å². The van der Waals surface area contributed by atoms with Crippen LogP contribution in [0.1, 0.15) is 37.7 Å². The topological polar surface area (TPSA) is 41.5 Å². The van der Waals surface area contributed by atoms with Crippen LogP contribution in [-0.2, 0) is 0 Å². The molecule has 2 aliphatic carbocycles. The Bertz CT molecular complexity index is 489. The van der Waals surface area contributed by atoms with Crippen molar-refractivity contribution in [2.24, 2.45) is 0 Å². The van der Waals surface area contributed by atoms with E-state index in [1.54, 1.807) is 19.1 Å². The second kappa shape index (κ2) is 5.34. The minimum absolute atomic E-state index is 0.0234. The smallest absolute Gasteiger partial charge is 0.167 e. The summed E-state index contributed by atoms with van der Waals surface area (Å²) in [6.45, 7) is 1.86. The Morgan fingerprint density at radius 3 is 2.90 bits per heavy atom. The molecule has 2 N–H and O–H groups in total. The number of nitrogens with one attached hydrogen (secondary N) is 1. The number of aliphatic hydroxyl groups is 1. The molecule has 1 aromatic rings. The first-order valence-electron chi connectivity index (χ1n) is 7.42. The van der Waals surface area contributed by atoms with Gasteiger partial charge >= 0.3 is 0 Å². The van der Waals surface area contributed by atoms with Crippen molar-refractivity contribution < 1.29 is 14.2 Å². The Morgan fingerprint density at radius 1 is 1.40 bits per heavy atom. The van der Waals surface area contributed by atoms with Gasteiger partial charge in [0.2, 0.25) is 0 Å². The average Bonchev–Trinajstić information content (AvgIpc) is 3.15. The summed E-state index contributed by atoms with van der Waals surface area (Å²) in [5.74, 6) is 0.0549. The van der Waals surface area contributed by atoms with E-state index in [-0.39, 0.29) is 24.1 Å². The Balaban J connectivity index is 1.65. The Morgan fingerprint density at radius 2 is 2.20 bits per heavy atom. The van der Waals surface area contributed by atoms with Crippen LogP contribution in [0.2, 0.25) is 0 Å². The van der Waals surface area contributed by atoms with Crippen LogP contribution < -0.4 is 10.1 Å². The number of hydrogen-bond donors (Lipinski definition) is 2. The number of benzene rings is 1. The zero-order valence-corrected chi connectivity index (χ0v) is 11.9. The second-order valence-corrected chi connectivity index (χ2v) is 6.23. The molecule has 3 nitrogen and oxygen atoms in total. The van der Waals surface area contributed by atoms with Crippen LogP contribution in [-0.4, -0.2) is 29.4 Å². The molecule has 4 heteroatoms. The third-order valence-corrected chi connectivity index (χ3v) is 4.40. The quantitative estimate of drug-likeness (QED) is 0.870. The fourth-order valence-electron chi connectivity index (χ4n) is 3.05. The molecule has 1 aromatic carbocycles. The number of rotatable bonds is 5. The molecule has 2 aliphatic rings. The number of aliphatic hydroxyl groups excluding tert-OH is 1. The zero-order chi connectivity index (χ0) is 14.2. The molecule has 0 amide bonds. The van der Waals surface area contributed by atoms with E-state index in [0.717, 1.165) is 19.3 Å². The van der Waals surface area contributed by atoms with Crippen LogP contribution >= 0.6 is 0 Å². The van der Waals surface area contributed by atoms with Crippen molar-refractivity contribution in [2.75, 3.05) is 6.61 Å². The van der Waals surface area contributed by atoms with Crippen molar-refractivity contribution in [3.8, 4) is 5.75 Å². The van der Waals surface area contributed by atoms with Crippen LogP contribution in [0.15, 0.2) is 18.2 Å². The molecule has 0 aromatic heterocycles. The minimum atomic E-state index is -0.274. The maximum atomic E-state index is 14.0. The summed E-state index contributed by atoms with van der Waals surface area (Å²) in [5, 5.41) is 13.2. The van der Waals surface area contributed by atoms with E-state index in [2.05, 4.69) is 5.32 Å². The lowest BCUT2D eigenvalue weighted by Gasteiger charge is -2.28. The molecule has 0 aliphatic heterocycles. The summed E-state index contributed by atoms with van der Waals surface area (Å²) < 4.78 is 19.8. The zero-order valence-electron chi connectivity index (χ0n) is 11.9. The van der Waals surface area contributed by atoms with E-state index in [0.29, 0.717) is 17.4 Å². The van der Waals surface area contributed by atoms with Crippen LogP contribution in [0.4, 0.5) is 4.39 Å². The summed E-state index contributed by atoms with van der Waals surface area (Å²) in [7, 11) is 0. The average molecular weight is 279 g/mol. The molecule has 0 radical (unpaired) electrons. The molecule has 2 saturated carbocycles. The predicted molar refractivity (Wildman–Crippen MR) is 75.4 cm³/mol. The van der Waals surface area contributed by atoms with Crippen LogP contribution in [0.5, 0.6) is 5.75 Å². The fourth-order valence-corrected chi connectivity index (χ4v) is 3.05. The van der Waals surface area contributed by atoms with Gasteiger partial charge in [0.05, 0.1) is 6.61 Å². The van der Waals surface area contributed by atoms with Crippen molar-refractivity contribution in [1.82, 2.24) is 5.32 Å². The standard InChI is InChI=1S/C16H22FNO2/c1-11-3-2-4-14(15(11)17)20-13-7-8-16(9-13,10-19)18-12-5-6-12/h2-4,12-13,18-19H,5-10H2,1H3. The van der Waals surface area contributed by atoms with E-state index in [4.69, 9.17) is 4.74 Å². The maximum Gasteiger partial charge on any atom is 0.167 e. The van der Waals surface area contributed by atoms with Crippen molar-refractivity contribution in [2.45, 2.75) is 56.7 Å². The number of halogens is 1. The second-order valence-electron chi connectivity index (χ2n) is 6.23. The van der Waals surface area contributed by atoms with Crippen molar-refractivity contribution in [3.63, 3.8) is 0 Å². The summed E-state index contributed by atoms with van der Waals surface area (Å²) in [6.07, 6.45) is 4.85. The SMILES string of the molecule is Cc1cccc(OC2CCC(CO)(NC3CC3)C2)c1F. The highest BCUT2D eigenvalue weighted by atomic mass is 19.1. The lowest BCUT2D eigenvalue weighted by Crippen LogP contribution is -2.48. The summed E-state index contributed by atoms with van der Waals surface area (Å²) in [4.78, 5) is 0. The number of hydrogen-bond acceptors (Lipinski definition) is 3. The van der Waals surface area contributed by atoms with Gasteiger partial charge in [-0.1, -0.05) is 12.1 Å². The van der Waals surface area contributed by atoms with Crippen molar-refractivity contribution in [3.05, 3.63) is 29.6 Å². The molecule has 2 atom stereocenters. The first kappa shape index (κ1) is 13.8. The van der Waals surface area contributed by atoms with Crippen LogP contribution in [0.3, 0.4) is 0 Å². The molecule has 0 saturated heterocycles. The highest BCUT2D eigenvalue weighted by Crippen LogP contribution is 2.36. The first-order chi connectivity index (χ1) is 9.62.